The summed E-state index contributed by atoms with van der Waals surface area (Å²) in [5, 5.41) is 114. The van der Waals surface area contributed by atoms with Gasteiger partial charge in [-0.1, -0.05) is 12.1 Å². The fourth-order valence-electron chi connectivity index (χ4n) is 5.44. The summed E-state index contributed by atoms with van der Waals surface area (Å²) in [7, 11) is 0. The molecule has 11 N–H and O–H groups in total. The maximum Gasteiger partial charge on any atom is 0.229 e. The van der Waals surface area contributed by atoms with E-state index >= 15 is 0 Å². The minimum absolute atomic E-state index is 0.0696. The maximum absolute atomic E-state index is 13.1. The molecule has 5 rings (SSSR count). The summed E-state index contributed by atoms with van der Waals surface area (Å²) in [6.07, 6.45) is -17.9. The van der Waals surface area contributed by atoms with Gasteiger partial charge in [-0.05, 0) is 17.7 Å². The number of aromatic hydroxyl groups is 3. The van der Waals surface area contributed by atoms with Crippen molar-refractivity contribution in [1.82, 2.24) is 0 Å². The molecule has 16 heteroatoms. The van der Waals surface area contributed by atoms with Crippen LogP contribution in [0.5, 0.6) is 23.0 Å². The quantitative estimate of drug-likeness (QED) is 0.155. The van der Waals surface area contributed by atoms with Crippen LogP contribution in [0.3, 0.4) is 0 Å². The summed E-state index contributed by atoms with van der Waals surface area (Å²) < 4.78 is 22.1. The van der Waals surface area contributed by atoms with Crippen LogP contribution in [0.25, 0.3) is 0 Å². The van der Waals surface area contributed by atoms with Crippen molar-refractivity contribution in [2.24, 2.45) is 0 Å². The zero-order valence-corrected chi connectivity index (χ0v) is 22.2. The molecule has 43 heavy (non-hydrogen) atoms. The minimum Gasteiger partial charge on any atom is -0.508 e. The zero-order valence-electron chi connectivity index (χ0n) is 22.2. The third kappa shape index (κ3) is 5.41. The van der Waals surface area contributed by atoms with E-state index in [0.29, 0.717) is 11.6 Å². The van der Waals surface area contributed by atoms with Gasteiger partial charge >= 0.3 is 0 Å². The zero-order chi connectivity index (χ0) is 31.4. The number of ketones is 1. The largest absolute Gasteiger partial charge is 0.508 e. The van der Waals surface area contributed by atoms with E-state index in [-0.39, 0.29) is 12.2 Å². The fraction of sp³-hybridized carbons (Fsp3) is 0.519. The molecule has 2 saturated heterocycles. The number of ether oxygens (including phenoxy) is 4. The predicted octanol–water partition coefficient (Wildman–Crippen LogP) is -3.05. The topological polar surface area (TPSA) is 277 Å². The van der Waals surface area contributed by atoms with E-state index in [4.69, 9.17) is 18.9 Å². The average molecular weight is 613 g/mol. The molecular formula is C27H32O16. The van der Waals surface area contributed by atoms with Crippen molar-refractivity contribution in [2.75, 3.05) is 13.2 Å². The monoisotopic (exact) mass is 612 g/mol. The Labute approximate surface area is 242 Å². The lowest BCUT2D eigenvalue weighted by atomic mass is 9.84. The van der Waals surface area contributed by atoms with E-state index in [0.717, 1.165) is 0 Å². The number of rotatable bonds is 6. The molecule has 11 atom stereocenters. The van der Waals surface area contributed by atoms with Gasteiger partial charge in [0.05, 0.1) is 25.2 Å². The van der Waals surface area contributed by atoms with Crippen molar-refractivity contribution in [3.8, 4) is 23.0 Å². The molecule has 0 spiro atoms. The van der Waals surface area contributed by atoms with Crippen LogP contribution >= 0.6 is 0 Å². The Morgan fingerprint density at radius 3 is 2.16 bits per heavy atom. The van der Waals surface area contributed by atoms with Gasteiger partial charge in [-0.25, -0.2) is 0 Å². The highest BCUT2D eigenvalue weighted by Gasteiger charge is 2.57. The normalized spacial score (nSPS) is 37.9. The first-order chi connectivity index (χ1) is 20.3. The summed E-state index contributed by atoms with van der Waals surface area (Å²) >= 11 is 0. The molecule has 2 aromatic carbocycles. The van der Waals surface area contributed by atoms with Crippen LogP contribution in [0.2, 0.25) is 0 Å². The molecule has 3 heterocycles. The van der Waals surface area contributed by atoms with E-state index < -0.39 is 114 Å². The lowest BCUT2D eigenvalue weighted by Crippen LogP contribution is -2.64. The molecule has 0 saturated carbocycles. The first kappa shape index (κ1) is 31.3. The second-order valence-corrected chi connectivity index (χ2v) is 10.6. The molecule has 236 valence electrons. The van der Waals surface area contributed by atoms with E-state index in [9.17, 15) is 61.0 Å². The highest BCUT2D eigenvalue weighted by atomic mass is 16.7. The average Bonchev–Trinajstić information content (AvgIpc) is 2.97. The van der Waals surface area contributed by atoms with Gasteiger partial charge < -0.3 is 75.1 Å². The van der Waals surface area contributed by atoms with Crippen LogP contribution in [-0.2, 0) is 20.0 Å². The molecule has 3 aliphatic rings. The first-order valence-electron chi connectivity index (χ1n) is 13.2. The number of carbonyl (C=O) groups is 1. The van der Waals surface area contributed by atoms with Crippen molar-refractivity contribution in [2.45, 2.75) is 73.4 Å². The first-order valence-corrected chi connectivity index (χ1v) is 13.2. The number of aliphatic hydroxyl groups is 8. The lowest BCUT2D eigenvalue weighted by molar-refractivity contribution is -0.369. The number of hydrogen-bond acceptors (Lipinski definition) is 16. The molecule has 16 nitrogen and oxygen atoms in total. The van der Waals surface area contributed by atoms with Gasteiger partial charge in [-0.2, -0.15) is 0 Å². The van der Waals surface area contributed by atoms with E-state index in [2.05, 4.69) is 0 Å². The molecule has 0 aromatic heterocycles. The Bertz CT molecular complexity index is 1330. The third-order valence-corrected chi connectivity index (χ3v) is 7.83. The Kier molecular flexibility index (Phi) is 8.55. The molecule has 11 unspecified atom stereocenters. The number of phenolic OH excluding ortho intramolecular Hbond substituents is 3. The molecule has 0 aliphatic carbocycles. The van der Waals surface area contributed by atoms with Crippen LogP contribution in [0, 0.1) is 0 Å². The highest BCUT2D eigenvalue weighted by Crippen LogP contribution is 2.52. The van der Waals surface area contributed by atoms with Crippen LogP contribution in [-0.4, -0.2) is 130 Å². The van der Waals surface area contributed by atoms with Gasteiger partial charge in [0.1, 0.15) is 83.5 Å². The highest BCUT2D eigenvalue weighted by molar-refractivity contribution is 6.03. The summed E-state index contributed by atoms with van der Waals surface area (Å²) in [6.45, 7) is -1.56. The van der Waals surface area contributed by atoms with Crippen LogP contribution in [0.4, 0.5) is 0 Å². The molecule has 0 radical (unpaired) electrons. The minimum atomic E-state index is -3.11. The maximum atomic E-state index is 13.1. The molecular weight excluding hydrogens is 580 g/mol. The second kappa shape index (κ2) is 11.8. The van der Waals surface area contributed by atoms with Crippen LogP contribution in [0.1, 0.15) is 34.0 Å². The fourth-order valence-corrected chi connectivity index (χ4v) is 5.44. The SMILES string of the molecule is O=C1CC(c2ccc(O)cc2)Oc2c1c(O)cc(O)c2C1(O)OC(COC2OC(CO)C(O)C(O)C2O)C(O)C(O)C1O. The van der Waals surface area contributed by atoms with Crippen molar-refractivity contribution >= 4 is 5.78 Å². The Hall–Kier alpha value is -3.13. The van der Waals surface area contributed by atoms with Crippen molar-refractivity contribution in [1.29, 1.82) is 0 Å². The standard InChI is InChI=1S/C27H32O16/c28-7-15-19(33)21(35)23(37)26(42-15)40-8-16-20(34)22(36)25(38)27(39,43-16)18-13(32)5-11(30)17-12(31)6-14(41-24(17)18)9-1-3-10(29)4-2-9/h1-5,14-16,19-23,25-26,28-30,32-39H,6-8H2. The Balaban J connectivity index is 1.48. The van der Waals surface area contributed by atoms with Crippen LogP contribution < -0.4 is 4.74 Å². The smallest absolute Gasteiger partial charge is 0.229 e. The van der Waals surface area contributed by atoms with Gasteiger partial charge in [-0.3, -0.25) is 4.79 Å². The van der Waals surface area contributed by atoms with E-state index in [1.54, 1.807) is 0 Å². The number of phenols is 3. The molecule has 0 bridgehead atoms. The third-order valence-electron chi connectivity index (χ3n) is 7.83. The summed E-state index contributed by atoms with van der Waals surface area (Å²) in [6, 6.07) is 6.26. The second-order valence-electron chi connectivity index (χ2n) is 10.6. The predicted molar refractivity (Wildman–Crippen MR) is 137 cm³/mol. The van der Waals surface area contributed by atoms with Gasteiger partial charge in [0.15, 0.2) is 12.1 Å². The van der Waals surface area contributed by atoms with Crippen LogP contribution in [0.15, 0.2) is 30.3 Å². The number of Topliss-reactive ketones (excluding diaryl/α,β-unsaturated/α-hetero) is 1. The number of aliphatic hydroxyl groups excluding tert-OH is 7. The number of fused-ring (bicyclic) bond motifs is 1. The summed E-state index contributed by atoms with van der Waals surface area (Å²) in [5.74, 6) is -6.10. The summed E-state index contributed by atoms with van der Waals surface area (Å²) in [4.78, 5) is 13.1. The number of hydrogen-bond donors (Lipinski definition) is 11. The number of carbonyl (C=O) groups excluding carboxylic acids is 1. The summed E-state index contributed by atoms with van der Waals surface area (Å²) in [5.41, 5.74) is -0.848. The molecule has 2 fully saturated rings. The van der Waals surface area contributed by atoms with E-state index in [1.165, 1.54) is 24.3 Å². The molecule has 0 amide bonds. The van der Waals surface area contributed by atoms with Crippen molar-refractivity contribution < 1.29 is 79.9 Å². The Morgan fingerprint density at radius 1 is 0.860 bits per heavy atom. The van der Waals surface area contributed by atoms with Gasteiger partial charge in [0.25, 0.3) is 0 Å². The lowest BCUT2D eigenvalue weighted by Gasteiger charge is -2.47. The van der Waals surface area contributed by atoms with Gasteiger partial charge in [0, 0.05) is 6.07 Å². The van der Waals surface area contributed by atoms with Crippen molar-refractivity contribution in [3.05, 3.63) is 47.0 Å². The van der Waals surface area contributed by atoms with E-state index in [1.807, 2.05) is 0 Å². The Morgan fingerprint density at radius 2 is 1.51 bits per heavy atom. The van der Waals surface area contributed by atoms with Crippen molar-refractivity contribution in [3.63, 3.8) is 0 Å². The molecule has 2 aromatic rings. The van der Waals surface area contributed by atoms with Gasteiger partial charge in [0.2, 0.25) is 5.79 Å². The number of benzene rings is 2. The molecule has 3 aliphatic heterocycles. The van der Waals surface area contributed by atoms with Gasteiger partial charge in [-0.15, -0.1) is 0 Å².